The van der Waals surface area contributed by atoms with Gasteiger partial charge in [-0.1, -0.05) is 18.2 Å². The topological polar surface area (TPSA) is 114 Å². The summed E-state index contributed by atoms with van der Waals surface area (Å²) >= 11 is 0. The quantitative estimate of drug-likeness (QED) is 0.631. The smallest absolute Gasteiger partial charge is 0.294 e. The van der Waals surface area contributed by atoms with Crippen LogP contribution < -0.4 is 10.6 Å². The van der Waals surface area contributed by atoms with Crippen LogP contribution in [0.5, 0.6) is 0 Å². The molecular weight excluding hydrogens is 391 g/mol. The van der Waals surface area contributed by atoms with E-state index in [2.05, 4.69) is 0 Å². The summed E-state index contributed by atoms with van der Waals surface area (Å²) in [6, 6.07) is 12.9. The van der Waals surface area contributed by atoms with Gasteiger partial charge in [-0.3, -0.25) is 19.3 Å². The molecule has 1 atom stereocenters. The van der Waals surface area contributed by atoms with Crippen LogP contribution in [0.15, 0.2) is 82.7 Å². The molecule has 0 unspecified atom stereocenters. The number of nitrogens with two attached hydrogens (primary N) is 1. The maximum absolute atomic E-state index is 14.7. The summed E-state index contributed by atoms with van der Waals surface area (Å²) in [5.74, 6) is -3.84. The third-order valence-corrected chi connectivity index (χ3v) is 4.83. The number of nitrogens with zero attached hydrogens (tertiary/aromatic N) is 1. The fourth-order valence-corrected chi connectivity index (χ4v) is 3.42. The average Bonchev–Trinajstić information content (AvgIpc) is 3.36. The number of furan rings is 1. The van der Waals surface area contributed by atoms with Crippen LogP contribution in [0.4, 0.5) is 10.1 Å². The van der Waals surface area contributed by atoms with Crippen molar-refractivity contribution in [2.45, 2.75) is 6.04 Å². The van der Waals surface area contributed by atoms with Gasteiger partial charge in [-0.15, -0.1) is 0 Å². The maximum Gasteiger partial charge on any atom is 0.294 e. The second-order valence-corrected chi connectivity index (χ2v) is 6.58. The Kier molecular flexibility index (Phi) is 4.67. The van der Waals surface area contributed by atoms with Crippen LogP contribution in [-0.4, -0.2) is 22.7 Å². The van der Waals surface area contributed by atoms with Gasteiger partial charge in [0.05, 0.1) is 17.9 Å². The van der Waals surface area contributed by atoms with Crippen molar-refractivity contribution in [3.8, 4) is 0 Å². The summed E-state index contributed by atoms with van der Waals surface area (Å²) in [4.78, 5) is 38.4. The van der Waals surface area contributed by atoms with Gasteiger partial charge < -0.3 is 15.3 Å². The Hall–Kier alpha value is -4.20. The molecule has 1 aromatic heterocycles. The molecule has 3 N–H and O–H groups in total. The fraction of sp³-hybridized carbons (Fsp3) is 0.0455. The Morgan fingerprint density at radius 1 is 1.03 bits per heavy atom. The summed E-state index contributed by atoms with van der Waals surface area (Å²) in [6.07, 6.45) is 1.28. The van der Waals surface area contributed by atoms with Gasteiger partial charge in [0.1, 0.15) is 5.82 Å². The van der Waals surface area contributed by atoms with Crippen LogP contribution in [0.1, 0.15) is 32.5 Å². The molecule has 1 aliphatic heterocycles. The van der Waals surface area contributed by atoms with Crippen molar-refractivity contribution in [2.24, 2.45) is 5.73 Å². The number of benzene rings is 2. The van der Waals surface area contributed by atoms with Gasteiger partial charge in [0, 0.05) is 16.8 Å². The third kappa shape index (κ3) is 3.04. The molecule has 2 aromatic carbocycles. The standard InChI is InChI=1S/C22H15FN2O5/c23-15-5-2-1-4-14(15)18-17(19(26)16-6-3-11-30-16)20(27)22(29)25(18)13-9-7-12(8-10-13)21(24)28/h1-11,18,27H,(H2,24,28)/t18-/m1/s1. The Balaban J connectivity index is 1.88. The Morgan fingerprint density at radius 3 is 2.33 bits per heavy atom. The number of aliphatic hydroxyl groups excluding tert-OH is 1. The number of primary amides is 1. The van der Waals surface area contributed by atoms with E-state index in [-0.39, 0.29) is 28.1 Å². The monoisotopic (exact) mass is 406 g/mol. The second kappa shape index (κ2) is 7.32. The zero-order valence-corrected chi connectivity index (χ0v) is 15.4. The van der Waals surface area contributed by atoms with Crippen LogP contribution in [0.2, 0.25) is 0 Å². The molecule has 1 aliphatic rings. The molecule has 0 bridgehead atoms. The molecular formula is C22H15FN2O5. The van der Waals surface area contributed by atoms with Gasteiger partial charge in [0.25, 0.3) is 5.91 Å². The van der Waals surface area contributed by atoms with Crippen molar-refractivity contribution in [3.63, 3.8) is 0 Å². The minimum atomic E-state index is -1.24. The molecule has 2 amide bonds. The third-order valence-electron chi connectivity index (χ3n) is 4.83. The molecule has 0 spiro atoms. The number of hydrogen-bond donors (Lipinski definition) is 2. The van der Waals surface area contributed by atoms with E-state index in [1.54, 1.807) is 6.07 Å². The van der Waals surface area contributed by atoms with Gasteiger partial charge in [0.15, 0.2) is 11.5 Å². The first-order chi connectivity index (χ1) is 14.4. The Bertz CT molecular complexity index is 1180. The number of ketones is 1. The number of rotatable bonds is 5. The van der Waals surface area contributed by atoms with Crippen LogP contribution in [0.25, 0.3) is 0 Å². The molecule has 4 rings (SSSR count). The minimum absolute atomic E-state index is 0.0174. The molecule has 0 radical (unpaired) electrons. The van der Waals surface area contributed by atoms with Crippen molar-refractivity contribution in [1.29, 1.82) is 0 Å². The molecule has 2 heterocycles. The second-order valence-electron chi connectivity index (χ2n) is 6.58. The summed E-state index contributed by atoms with van der Waals surface area (Å²) in [7, 11) is 0. The van der Waals surface area contributed by atoms with Gasteiger partial charge in [-0.25, -0.2) is 4.39 Å². The van der Waals surface area contributed by atoms with Crippen molar-refractivity contribution in [2.75, 3.05) is 4.90 Å². The van der Waals surface area contributed by atoms with E-state index in [0.29, 0.717) is 0 Å². The number of halogens is 1. The lowest BCUT2D eigenvalue weighted by Gasteiger charge is -2.27. The van der Waals surface area contributed by atoms with E-state index >= 15 is 0 Å². The van der Waals surface area contributed by atoms with Crippen LogP contribution in [-0.2, 0) is 4.79 Å². The molecule has 8 heteroatoms. The number of carbonyl (C=O) groups excluding carboxylic acids is 3. The zero-order valence-electron chi connectivity index (χ0n) is 15.4. The number of carbonyl (C=O) groups is 3. The molecule has 0 saturated heterocycles. The van der Waals surface area contributed by atoms with Crippen LogP contribution in [0, 0.1) is 5.82 Å². The highest BCUT2D eigenvalue weighted by atomic mass is 19.1. The van der Waals surface area contributed by atoms with Gasteiger partial charge in [-0.2, -0.15) is 0 Å². The molecule has 0 fully saturated rings. The predicted octanol–water partition coefficient (Wildman–Crippen LogP) is 3.30. The van der Waals surface area contributed by atoms with E-state index in [4.69, 9.17) is 10.2 Å². The van der Waals surface area contributed by atoms with Crippen LogP contribution in [0.3, 0.4) is 0 Å². The lowest BCUT2D eigenvalue weighted by Crippen LogP contribution is -2.31. The van der Waals surface area contributed by atoms with Gasteiger partial charge >= 0.3 is 0 Å². The van der Waals surface area contributed by atoms with Gasteiger partial charge in [0.2, 0.25) is 11.7 Å². The molecule has 7 nitrogen and oxygen atoms in total. The number of amides is 2. The van der Waals surface area contributed by atoms with Crippen molar-refractivity contribution >= 4 is 23.3 Å². The summed E-state index contributed by atoms with van der Waals surface area (Å²) in [5, 5.41) is 10.6. The summed E-state index contributed by atoms with van der Waals surface area (Å²) < 4.78 is 19.8. The van der Waals surface area contributed by atoms with Crippen molar-refractivity contribution in [1.82, 2.24) is 0 Å². The Labute approximate surface area is 169 Å². The first-order valence-electron chi connectivity index (χ1n) is 8.89. The molecule has 0 saturated carbocycles. The first-order valence-corrected chi connectivity index (χ1v) is 8.89. The summed E-state index contributed by atoms with van der Waals surface area (Å²) in [5.41, 5.74) is 5.41. The number of Topliss-reactive ketones (excluding diaryl/α,β-unsaturated/α-hetero) is 1. The lowest BCUT2D eigenvalue weighted by atomic mass is 9.94. The van der Waals surface area contributed by atoms with Crippen molar-refractivity contribution < 1.29 is 28.3 Å². The van der Waals surface area contributed by atoms with E-state index in [0.717, 1.165) is 4.90 Å². The highest BCUT2D eigenvalue weighted by Gasteiger charge is 2.46. The van der Waals surface area contributed by atoms with Gasteiger partial charge in [-0.05, 0) is 42.5 Å². The first kappa shape index (κ1) is 19.1. The molecule has 0 aliphatic carbocycles. The highest BCUT2D eigenvalue weighted by Crippen LogP contribution is 2.42. The van der Waals surface area contributed by atoms with Crippen molar-refractivity contribution in [3.05, 3.63) is 101 Å². The summed E-state index contributed by atoms with van der Waals surface area (Å²) in [6.45, 7) is 0. The molecule has 150 valence electrons. The zero-order chi connectivity index (χ0) is 21.4. The normalized spacial score (nSPS) is 16.2. The van der Waals surface area contributed by atoms with E-state index in [9.17, 15) is 23.9 Å². The number of aliphatic hydroxyl groups is 1. The minimum Gasteiger partial charge on any atom is -0.503 e. The van der Waals surface area contributed by atoms with E-state index in [1.807, 2.05) is 0 Å². The highest BCUT2D eigenvalue weighted by molar-refractivity contribution is 6.20. The molecule has 3 aromatic rings. The Morgan fingerprint density at radius 2 is 1.73 bits per heavy atom. The van der Waals surface area contributed by atoms with E-state index < -0.39 is 35.2 Å². The maximum atomic E-state index is 14.7. The number of hydrogen-bond acceptors (Lipinski definition) is 5. The molecule has 30 heavy (non-hydrogen) atoms. The SMILES string of the molecule is NC(=O)c1ccc(N2C(=O)C(O)=C(C(=O)c3ccco3)[C@H]2c2ccccc2F)cc1. The average molecular weight is 406 g/mol. The lowest BCUT2D eigenvalue weighted by molar-refractivity contribution is -0.117. The van der Waals surface area contributed by atoms with Crippen LogP contribution >= 0.6 is 0 Å². The fourth-order valence-electron chi connectivity index (χ4n) is 3.42. The largest absolute Gasteiger partial charge is 0.503 e. The number of anilines is 1. The predicted molar refractivity (Wildman–Crippen MR) is 104 cm³/mol. The van der Waals surface area contributed by atoms with E-state index in [1.165, 1.54) is 60.9 Å².